The van der Waals surface area contributed by atoms with Crippen molar-refractivity contribution in [2.75, 3.05) is 11.5 Å². The highest BCUT2D eigenvalue weighted by Crippen LogP contribution is 2.25. The summed E-state index contributed by atoms with van der Waals surface area (Å²) in [5.74, 6) is 1.51. The molecule has 0 bridgehead atoms. The normalized spacial score (nSPS) is 21.2. The number of rotatable bonds is 4. The smallest absolute Gasteiger partial charge is 0.172 e. The van der Waals surface area contributed by atoms with Crippen LogP contribution >= 0.6 is 11.3 Å². The Labute approximate surface area is 170 Å². The van der Waals surface area contributed by atoms with E-state index in [0.717, 1.165) is 57.1 Å². The minimum Gasteiger partial charge on any atom is -0.396 e. The fourth-order valence-corrected chi connectivity index (χ4v) is 5.35. The van der Waals surface area contributed by atoms with Gasteiger partial charge in [0, 0.05) is 40.8 Å². The standard InChI is InChI=1S/C21H22N4OS2/c1-14-3-2-4-19(25-14)21(22)17(12-23-16-7-9-28(26)10-8-16)15-5-6-18-20(11-15)27-13-24-18/h2-6,11-13,16H,7-10,22H2,1H3/p+1. The largest absolute Gasteiger partial charge is 0.396 e. The molecule has 0 amide bonds. The molecule has 1 aliphatic heterocycles. The highest BCUT2D eigenvalue weighted by molar-refractivity contribution is 7.85. The lowest BCUT2D eigenvalue weighted by Gasteiger charge is -2.13. The Morgan fingerprint density at radius 2 is 2.11 bits per heavy atom. The quantitative estimate of drug-likeness (QED) is 0.642. The zero-order valence-electron chi connectivity index (χ0n) is 15.7. The Kier molecular flexibility index (Phi) is 5.64. The molecule has 28 heavy (non-hydrogen) atoms. The van der Waals surface area contributed by atoms with Crippen LogP contribution in [0.1, 0.15) is 29.8 Å². The van der Waals surface area contributed by atoms with Crippen molar-refractivity contribution in [2.24, 2.45) is 5.73 Å². The Morgan fingerprint density at radius 3 is 2.89 bits per heavy atom. The number of nitrogens with zero attached hydrogens (tertiary/aromatic N) is 2. The van der Waals surface area contributed by atoms with E-state index in [0.29, 0.717) is 11.7 Å². The van der Waals surface area contributed by atoms with Crippen molar-refractivity contribution in [1.82, 2.24) is 9.97 Å². The van der Waals surface area contributed by atoms with Crippen molar-refractivity contribution in [1.29, 1.82) is 0 Å². The molecule has 0 spiro atoms. The lowest BCUT2D eigenvalue weighted by Crippen LogP contribution is -2.77. The summed E-state index contributed by atoms with van der Waals surface area (Å²) in [5, 5.41) is 0. The summed E-state index contributed by atoms with van der Waals surface area (Å²) in [6.45, 7) is 1.96. The number of benzene rings is 1. The Hall–Kier alpha value is -2.38. The molecule has 2 aromatic heterocycles. The second-order valence-electron chi connectivity index (χ2n) is 6.96. The van der Waals surface area contributed by atoms with Gasteiger partial charge in [-0.15, -0.1) is 11.3 Å². The molecule has 5 nitrogen and oxygen atoms in total. The van der Waals surface area contributed by atoms with Crippen molar-refractivity contribution >= 4 is 49.8 Å². The predicted octanol–water partition coefficient (Wildman–Crippen LogP) is 1.89. The number of thiazole rings is 1. The molecular weight excluding hydrogens is 388 g/mol. The van der Waals surface area contributed by atoms with E-state index < -0.39 is 10.8 Å². The monoisotopic (exact) mass is 411 g/mol. The lowest BCUT2D eigenvalue weighted by atomic mass is 10.0. The number of fused-ring (bicyclic) bond motifs is 1. The van der Waals surface area contributed by atoms with Gasteiger partial charge in [0.05, 0.1) is 32.7 Å². The topological polar surface area (TPSA) is 82.8 Å². The average molecular weight is 412 g/mol. The van der Waals surface area contributed by atoms with Crippen LogP contribution in [0.15, 0.2) is 41.9 Å². The first-order valence-electron chi connectivity index (χ1n) is 9.32. The summed E-state index contributed by atoms with van der Waals surface area (Å²) in [6, 6.07) is 12.4. The van der Waals surface area contributed by atoms with Crippen LogP contribution in [0.5, 0.6) is 0 Å². The number of nitrogens with two attached hydrogens (primary N) is 1. The van der Waals surface area contributed by atoms with Crippen molar-refractivity contribution in [3.05, 3.63) is 58.9 Å². The Morgan fingerprint density at radius 1 is 1.29 bits per heavy atom. The van der Waals surface area contributed by atoms with Crippen LogP contribution in [0.4, 0.5) is 0 Å². The number of hydrogen-bond acceptors (Lipinski definition) is 5. The van der Waals surface area contributed by atoms with Gasteiger partial charge in [0.2, 0.25) is 0 Å². The van der Waals surface area contributed by atoms with E-state index in [1.807, 2.05) is 49.0 Å². The minimum atomic E-state index is -0.670. The molecule has 0 unspecified atom stereocenters. The number of aryl methyl sites for hydroxylation is 1. The van der Waals surface area contributed by atoms with E-state index in [9.17, 15) is 4.21 Å². The van der Waals surface area contributed by atoms with Crippen LogP contribution in [0.2, 0.25) is 0 Å². The summed E-state index contributed by atoms with van der Waals surface area (Å²) < 4.78 is 12.7. The molecule has 3 N–H and O–H groups in total. The fourth-order valence-electron chi connectivity index (χ4n) is 3.33. The van der Waals surface area contributed by atoms with Gasteiger partial charge in [-0.05, 0) is 36.8 Å². The molecule has 1 saturated heterocycles. The van der Waals surface area contributed by atoms with Crippen LogP contribution in [-0.4, -0.2) is 37.9 Å². The predicted molar refractivity (Wildman–Crippen MR) is 118 cm³/mol. The SMILES string of the molecule is Cc1cccc(C(N)=C(C=[NH+]C2CCS(=O)CC2)c2ccc3ncsc3c2)n1. The van der Waals surface area contributed by atoms with Gasteiger partial charge in [0.25, 0.3) is 0 Å². The third-order valence-electron chi connectivity index (χ3n) is 4.95. The van der Waals surface area contributed by atoms with Crippen LogP contribution in [0.25, 0.3) is 21.5 Å². The van der Waals surface area contributed by atoms with Crippen molar-refractivity contribution in [2.45, 2.75) is 25.8 Å². The second kappa shape index (κ2) is 8.32. The number of nitrogens with one attached hydrogen (secondary N) is 1. The Bertz CT molecular complexity index is 1080. The molecular formula is C21H23N4OS2+. The summed E-state index contributed by atoms with van der Waals surface area (Å²) in [7, 11) is -0.670. The summed E-state index contributed by atoms with van der Waals surface area (Å²) in [6.07, 6.45) is 3.82. The van der Waals surface area contributed by atoms with E-state index in [1.165, 1.54) is 0 Å². The zero-order chi connectivity index (χ0) is 19.5. The number of pyridine rings is 1. The molecule has 0 aliphatic carbocycles. The van der Waals surface area contributed by atoms with Gasteiger partial charge in [-0.3, -0.25) is 9.19 Å². The van der Waals surface area contributed by atoms with E-state index >= 15 is 0 Å². The van der Waals surface area contributed by atoms with Gasteiger partial charge in [0.15, 0.2) is 12.3 Å². The van der Waals surface area contributed by atoms with Gasteiger partial charge in [0.1, 0.15) is 0 Å². The highest BCUT2D eigenvalue weighted by Gasteiger charge is 2.21. The molecule has 4 rings (SSSR count). The van der Waals surface area contributed by atoms with Gasteiger partial charge < -0.3 is 5.73 Å². The molecule has 144 valence electrons. The summed E-state index contributed by atoms with van der Waals surface area (Å²) in [4.78, 5) is 12.5. The average Bonchev–Trinajstić information content (AvgIpc) is 3.17. The van der Waals surface area contributed by atoms with Crippen molar-refractivity contribution in [3.8, 4) is 0 Å². The molecule has 0 atom stereocenters. The molecule has 1 aliphatic rings. The van der Waals surface area contributed by atoms with Gasteiger partial charge >= 0.3 is 0 Å². The Balaban J connectivity index is 1.75. The highest BCUT2D eigenvalue weighted by atomic mass is 32.2. The molecule has 1 fully saturated rings. The lowest BCUT2D eigenvalue weighted by molar-refractivity contribution is -0.498. The van der Waals surface area contributed by atoms with Crippen molar-refractivity contribution < 1.29 is 9.20 Å². The molecule has 1 aromatic carbocycles. The van der Waals surface area contributed by atoms with E-state index in [2.05, 4.69) is 21.0 Å². The second-order valence-corrected chi connectivity index (χ2v) is 9.54. The fraction of sp³-hybridized carbons (Fsp3) is 0.286. The number of allylic oxidation sites excluding steroid dienone is 1. The molecule has 7 heteroatoms. The van der Waals surface area contributed by atoms with Crippen LogP contribution in [0, 0.1) is 6.92 Å². The number of hydrogen-bond donors (Lipinski definition) is 2. The zero-order valence-corrected chi connectivity index (χ0v) is 17.4. The maximum atomic E-state index is 11.6. The molecule has 0 radical (unpaired) electrons. The minimum absolute atomic E-state index is 0.318. The van der Waals surface area contributed by atoms with E-state index in [-0.39, 0.29) is 0 Å². The van der Waals surface area contributed by atoms with Crippen LogP contribution in [-0.2, 0) is 10.8 Å². The molecule has 3 heterocycles. The first kappa shape index (κ1) is 19.0. The first-order valence-corrected chi connectivity index (χ1v) is 11.7. The molecule has 3 aromatic rings. The van der Waals surface area contributed by atoms with E-state index in [1.54, 1.807) is 11.3 Å². The third kappa shape index (κ3) is 4.20. The van der Waals surface area contributed by atoms with Crippen LogP contribution < -0.4 is 10.7 Å². The van der Waals surface area contributed by atoms with Crippen molar-refractivity contribution in [3.63, 3.8) is 0 Å². The summed E-state index contributed by atoms with van der Waals surface area (Å²) in [5.41, 5.74) is 13.7. The molecule has 0 saturated carbocycles. The van der Waals surface area contributed by atoms with Gasteiger partial charge in [-0.1, -0.05) is 12.1 Å². The maximum absolute atomic E-state index is 11.6. The van der Waals surface area contributed by atoms with Crippen LogP contribution in [0.3, 0.4) is 0 Å². The first-order chi connectivity index (χ1) is 13.6. The van der Waals surface area contributed by atoms with Gasteiger partial charge in [-0.25, -0.2) is 9.98 Å². The van der Waals surface area contributed by atoms with E-state index in [4.69, 9.17) is 5.73 Å². The maximum Gasteiger partial charge on any atom is 0.172 e. The summed E-state index contributed by atoms with van der Waals surface area (Å²) >= 11 is 1.62. The van der Waals surface area contributed by atoms with Gasteiger partial charge in [-0.2, -0.15) is 0 Å². The number of aromatic nitrogens is 2. The third-order valence-corrected chi connectivity index (χ3v) is 7.12.